The Kier molecular flexibility index (Phi) is 8.29. The van der Waals surface area contributed by atoms with Crippen LogP contribution in [0.4, 0.5) is 10.2 Å². The van der Waals surface area contributed by atoms with Gasteiger partial charge in [0.25, 0.3) is 17.7 Å². The Morgan fingerprint density at radius 2 is 1.89 bits per heavy atom. The Hall–Kier alpha value is -3.67. The van der Waals surface area contributed by atoms with E-state index in [2.05, 4.69) is 30.3 Å². The molecule has 44 heavy (non-hydrogen) atoms. The molecule has 4 aliphatic rings. The zero-order valence-corrected chi connectivity index (χ0v) is 25.9. The van der Waals surface area contributed by atoms with Gasteiger partial charge in [0.1, 0.15) is 17.9 Å². The smallest absolute Gasteiger partial charge is 0.287 e. The van der Waals surface area contributed by atoms with E-state index in [-0.39, 0.29) is 45.9 Å². The van der Waals surface area contributed by atoms with Gasteiger partial charge in [0, 0.05) is 49.6 Å². The van der Waals surface area contributed by atoms with E-state index in [0.717, 1.165) is 71.2 Å². The van der Waals surface area contributed by atoms with Gasteiger partial charge in [0.15, 0.2) is 5.82 Å². The molecule has 1 saturated carbocycles. The molecular formula is C32H42FN7O4. The number of rotatable bonds is 8. The topological polar surface area (TPSA) is 121 Å². The lowest BCUT2D eigenvalue weighted by atomic mass is 9.71. The standard InChI is InChI=1S/C32H42FN7O4/c1-4-40(21(2)3)30(43)24-15-23(33)5-6-26(24)44-29-27(34-20-35-37-29)39-18-31(19-39)11-13-38(14-12-31)17-22-7-9-32(10-8-22)16-25(41)28(42)36-32/h5-6,15,20-22H,4,7-14,16-19H2,1-3H3,(H,36,42)/t22-,32-. The summed E-state index contributed by atoms with van der Waals surface area (Å²) in [6.45, 7) is 11.0. The van der Waals surface area contributed by atoms with Gasteiger partial charge < -0.3 is 24.8 Å². The Labute approximate surface area is 257 Å². The molecule has 6 rings (SSSR count). The molecule has 2 spiro atoms. The van der Waals surface area contributed by atoms with Gasteiger partial charge in [-0.05, 0) is 96.5 Å². The predicted molar refractivity (Wildman–Crippen MR) is 161 cm³/mol. The zero-order chi connectivity index (χ0) is 31.1. The fraction of sp³-hybridized carbons (Fsp3) is 0.625. The van der Waals surface area contributed by atoms with E-state index in [9.17, 15) is 18.8 Å². The third-order valence-electron chi connectivity index (χ3n) is 10.2. The van der Waals surface area contributed by atoms with Gasteiger partial charge in [-0.15, -0.1) is 10.2 Å². The van der Waals surface area contributed by atoms with Crippen LogP contribution in [0.25, 0.3) is 0 Å². The fourth-order valence-electron chi connectivity index (χ4n) is 7.56. The highest BCUT2D eigenvalue weighted by Crippen LogP contribution is 2.45. The summed E-state index contributed by atoms with van der Waals surface area (Å²) in [6.07, 6.45) is 7.81. The van der Waals surface area contributed by atoms with Crippen molar-refractivity contribution in [2.24, 2.45) is 11.3 Å². The van der Waals surface area contributed by atoms with Crippen molar-refractivity contribution in [2.75, 3.05) is 44.2 Å². The van der Waals surface area contributed by atoms with E-state index < -0.39 is 11.7 Å². The molecule has 1 aromatic carbocycles. The molecule has 4 heterocycles. The number of benzene rings is 1. The number of halogens is 1. The van der Waals surface area contributed by atoms with Gasteiger partial charge in [0.05, 0.1) is 5.56 Å². The maximum absolute atomic E-state index is 14.2. The van der Waals surface area contributed by atoms with E-state index >= 15 is 0 Å². The van der Waals surface area contributed by atoms with Crippen molar-refractivity contribution in [1.29, 1.82) is 0 Å². The molecule has 0 radical (unpaired) electrons. The lowest BCUT2D eigenvalue weighted by Crippen LogP contribution is -2.61. The minimum absolute atomic E-state index is 0.0519. The van der Waals surface area contributed by atoms with Gasteiger partial charge in [-0.1, -0.05) is 0 Å². The first-order valence-electron chi connectivity index (χ1n) is 15.9. The molecule has 4 fully saturated rings. The second-order valence-electron chi connectivity index (χ2n) is 13.5. The van der Waals surface area contributed by atoms with Crippen LogP contribution in [-0.4, -0.2) is 93.4 Å². The maximum Gasteiger partial charge on any atom is 0.287 e. The normalized spacial score (nSPS) is 24.9. The third-order valence-corrected chi connectivity index (χ3v) is 10.2. The van der Waals surface area contributed by atoms with Gasteiger partial charge in [0.2, 0.25) is 5.78 Å². The number of nitrogens with zero attached hydrogens (tertiary/aromatic N) is 6. The third kappa shape index (κ3) is 6.00. The van der Waals surface area contributed by atoms with Crippen molar-refractivity contribution in [1.82, 2.24) is 30.3 Å². The number of Topliss-reactive ketones (excluding diaryl/α,β-unsaturated/α-hetero) is 1. The molecule has 1 aliphatic carbocycles. The minimum atomic E-state index is -0.514. The number of amides is 2. The first kappa shape index (κ1) is 30.4. The Balaban J connectivity index is 1.04. The van der Waals surface area contributed by atoms with Crippen LogP contribution in [0.5, 0.6) is 11.6 Å². The van der Waals surface area contributed by atoms with Gasteiger partial charge in [-0.3, -0.25) is 14.4 Å². The van der Waals surface area contributed by atoms with Crippen LogP contribution >= 0.6 is 0 Å². The molecule has 11 nitrogen and oxygen atoms in total. The molecule has 12 heteroatoms. The average Bonchev–Trinajstić information content (AvgIpc) is 3.27. The number of likely N-dealkylation sites (tertiary alicyclic amines) is 1. The monoisotopic (exact) mass is 607 g/mol. The predicted octanol–water partition coefficient (Wildman–Crippen LogP) is 3.59. The highest BCUT2D eigenvalue weighted by Gasteiger charge is 2.48. The summed E-state index contributed by atoms with van der Waals surface area (Å²) >= 11 is 0. The molecule has 3 saturated heterocycles. The van der Waals surface area contributed by atoms with Crippen molar-refractivity contribution < 1.29 is 23.5 Å². The number of hydrogen-bond donors (Lipinski definition) is 1. The first-order chi connectivity index (χ1) is 21.1. The summed E-state index contributed by atoms with van der Waals surface area (Å²) in [5, 5.41) is 11.1. The zero-order valence-electron chi connectivity index (χ0n) is 25.9. The Morgan fingerprint density at radius 3 is 2.52 bits per heavy atom. The minimum Gasteiger partial charge on any atom is -0.434 e. The number of carbonyl (C=O) groups excluding carboxylic acids is 3. The van der Waals surface area contributed by atoms with Crippen LogP contribution in [0, 0.1) is 17.2 Å². The Morgan fingerprint density at radius 1 is 1.16 bits per heavy atom. The largest absolute Gasteiger partial charge is 0.434 e. The summed E-state index contributed by atoms with van der Waals surface area (Å²) in [7, 11) is 0. The number of ketones is 1. The Bertz CT molecular complexity index is 1390. The van der Waals surface area contributed by atoms with E-state index in [0.29, 0.717) is 24.7 Å². The lowest BCUT2D eigenvalue weighted by molar-refractivity contribution is -0.135. The quantitative estimate of drug-likeness (QED) is 0.449. The van der Waals surface area contributed by atoms with E-state index in [1.54, 1.807) is 4.90 Å². The van der Waals surface area contributed by atoms with Crippen molar-refractivity contribution in [3.05, 3.63) is 35.9 Å². The summed E-state index contributed by atoms with van der Waals surface area (Å²) < 4.78 is 20.4. The average molecular weight is 608 g/mol. The van der Waals surface area contributed by atoms with Crippen LogP contribution in [0.15, 0.2) is 24.5 Å². The highest BCUT2D eigenvalue weighted by atomic mass is 19.1. The van der Waals surface area contributed by atoms with Crippen molar-refractivity contribution >= 4 is 23.4 Å². The summed E-state index contributed by atoms with van der Waals surface area (Å²) in [5.41, 5.74) is 0.0567. The van der Waals surface area contributed by atoms with E-state index in [4.69, 9.17) is 4.74 Å². The number of piperidine rings is 1. The molecule has 3 aliphatic heterocycles. The number of carbonyl (C=O) groups is 3. The van der Waals surface area contributed by atoms with E-state index in [1.807, 2.05) is 20.8 Å². The number of anilines is 1. The van der Waals surface area contributed by atoms with Crippen LogP contribution in [0.3, 0.4) is 0 Å². The second kappa shape index (κ2) is 12.0. The number of ether oxygens (including phenoxy) is 1. The van der Waals surface area contributed by atoms with Gasteiger partial charge in [-0.25, -0.2) is 9.37 Å². The van der Waals surface area contributed by atoms with Crippen LogP contribution in [0.2, 0.25) is 0 Å². The van der Waals surface area contributed by atoms with Crippen LogP contribution in [-0.2, 0) is 9.59 Å². The molecule has 2 aromatic rings. The molecule has 0 atom stereocenters. The van der Waals surface area contributed by atoms with Crippen molar-refractivity contribution in [3.8, 4) is 11.6 Å². The van der Waals surface area contributed by atoms with Gasteiger partial charge >= 0.3 is 0 Å². The lowest BCUT2D eigenvalue weighted by Gasteiger charge is -2.54. The first-order valence-corrected chi connectivity index (χ1v) is 15.9. The van der Waals surface area contributed by atoms with Crippen molar-refractivity contribution in [2.45, 2.75) is 77.3 Å². The van der Waals surface area contributed by atoms with Crippen LogP contribution in [0.1, 0.15) is 76.1 Å². The molecule has 1 N–H and O–H groups in total. The SMILES string of the molecule is CCN(C(=O)c1cc(F)ccc1Oc1nncnc1N1CC2(CCN(C[C@H]3CC[C@]4(CC3)CC(=O)C(=O)N4)CC2)C1)C(C)C. The maximum atomic E-state index is 14.2. The molecule has 236 valence electrons. The fourth-order valence-corrected chi connectivity index (χ4v) is 7.56. The number of nitrogens with one attached hydrogen (secondary N) is 1. The second-order valence-corrected chi connectivity index (χ2v) is 13.5. The number of hydrogen-bond acceptors (Lipinski definition) is 9. The summed E-state index contributed by atoms with van der Waals surface area (Å²) in [5.74, 6) is 0.0904. The summed E-state index contributed by atoms with van der Waals surface area (Å²) in [6, 6.07) is 3.88. The number of aromatic nitrogens is 3. The van der Waals surface area contributed by atoms with Gasteiger partial charge in [-0.2, -0.15) is 0 Å². The molecule has 1 aromatic heterocycles. The van der Waals surface area contributed by atoms with Crippen LogP contribution < -0.4 is 15.0 Å². The molecule has 0 unspecified atom stereocenters. The molecular weight excluding hydrogens is 565 g/mol. The van der Waals surface area contributed by atoms with E-state index in [1.165, 1.54) is 24.5 Å². The molecule has 0 bridgehead atoms. The highest BCUT2D eigenvalue weighted by molar-refractivity contribution is 6.38. The summed E-state index contributed by atoms with van der Waals surface area (Å²) in [4.78, 5) is 47.7. The van der Waals surface area contributed by atoms with Crippen molar-refractivity contribution in [3.63, 3.8) is 0 Å². The molecule has 2 amide bonds.